The first-order valence-electron chi connectivity index (χ1n) is 1.52. The summed E-state index contributed by atoms with van der Waals surface area (Å²) in [5.41, 5.74) is 0. The predicted octanol–water partition coefficient (Wildman–Crippen LogP) is 1.91. The second-order valence-corrected chi connectivity index (χ2v) is 0.697. The Morgan fingerprint density at radius 2 is 1.67 bits per heavy atom. The van der Waals surface area contributed by atoms with Gasteiger partial charge in [0.25, 0.3) is 0 Å². The predicted molar refractivity (Wildman–Crippen MR) is 30.5 cm³/mol. The number of hydrogen-bond acceptors (Lipinski definition) is 2. The van der Waals surface area contributed by atoms with Gasteiger partial charge in [-0.15, -0.1) is 6.58 Å². The van der Waals surface area contributed by atoms with Gasteiger partial charge in [0.2, 0.25) is 0 Å². The van der Waals surface area contributed by atoms with Crippen molar-refractivity contribution in [3.05, 3.63) is 12.7 Å². The van der Waals surface area contributed by atoms with E-state index < -0.39 is 0 Å². The first-order chi connectivity index (χ1) is 1.91. The Labute approximate surface area is 39.4 Å². The fourth-order valence-corrected chi connectivity index (χ4v) is 0. The van der Waals surface area contributed by atoms with E-state index in [-0.39, 0.29) is 12.3 Å². The lowest BCUT2D eigenvalue weighted by Gasteiger charge is -1.57. The zero-order chi connectivity index (χ0) is 3.41. The highest BCUT2D eigenvalue weighted by Crippen LogP contribution is 1.66. The van der Waals surface area contributed by atoms with Crippen molar-refractivity contribution in [1.82, 2.24) is 12.3 Å². The average molecular weight is 90.2 g/mol. The van der Waals surface area contributed by atoms with Crippen LogP contribution in [0.4, 0.5) is 0 Å². The Balaban J connectivity index is -0.0000000450. The third kappa shape index (κ3) is 59.5. The van der Waals surface area contributed by atoms with Crippen LogP contribution in [0.15, 0.2) is 12.7 Å². The van der Waals surface area contributed by atoms with E-state index in [4.69, 9.17) is 0 Å². The number of hydrogen-bond donors (Lipinski definition) is 2. The molecule has 0 aromatic carbocycles. The van der Waals surface area contributed by atoms with Gasteiger partial charge in [-0.2, -0.15) is 0 Å². The molecule has 0 aromatic heterocycles. The Bertz CT molecular complexity index is 19.5. The molecular weight excluding hydrogens is 76.1 g/mol. The van der Waals surface area contributed by atoms with Crippen LogP contribution in [0.25, 0.3) is 0 Å². The Kier molecular flexibility index (Phi) is 65.6. The van der Waals surface area contributed by atoms with Gasteiger partial charge in [0.1, 0.15) is 0 Å². The summed E-state index contributed by atoms with van der Waals surface area (Å²) in [6, 6.07) is 0. The second kappa shape index (κ2) is 22.7. The van der Waals surface area contributed by atoms with E-state index in [2.05, 4.69) is 13.5 Å². The molecule has 0 rings (SSSR count). The largest absolute Gasteiger partial charge is 0.344 e. The first kappa shape index (κ1) is 17.4. The topological polar surface area (TPSA) is 70.0 Å². The van der Waals surface area contributed by atoms with Crippen LogP contribution < -0.4 is 12.3 Å². The summed E-state index contributed by atoms with van der Waals surface area (Å²) in [6.07, 6.45) is 2.96. The molecule has 0 aliphatic heterocycles. The van der Waals surface area contributed by atoms with E-state index in [9.17, 15) is 0 Å². The summed E-state index contributed by atoms with van der Waals surface area (Å²) in [7, 11) is 0. The minimum Gasteiger partial charge on any atom is -0.344 e. The first-order valence-corrected chi connectivity index (χ1v) is 1.52. The molecule has 40 valence electrons. The summed E-state index contributed by atoms with van der Waals surface area (Å²) in [4.78, 5) is 0. The summed E-state index contributed by atoms with van der Waals surface area (Å²) in [5, 5.41) is 0. The maximum absolute atomic E-state index is 3.48. The van der Waals surface area contributed by atoms with Crippen LogP contribution in [-0.2, 0) is 0 Å². The molecule has 6 N–H and O–H groups in total. The van der Waals surface area contributed by atoms with E-state index in [0.29, 0.717) is 0 Å². The lowest BCUT2D eigenvalue weighted by atomic mass is 10.5. The van der Waals surface area contributed by atoms with Gasteiger partial charge in [-0.1, -0.05) is 13.0 Å². The van der Waals surface area contributed by atoms with Crippen LogP contribution in [0, 0.1) is 0 Å². The summed E-state index contributed by atoms with van der Waals surface area (Å²) in [6.45, 7) is 5.54. The van der Waals surface area contributed by atoms with E-state index in [1.165, 1.54) is 0 Å². The van der Waals surface area contributed by atoms with Crippen molar-refractivity contribution >= 4 is 0 Å². The summed E-state index contributed by atoms with van der Waals surface area (Å²) >= 11 is 0. The van der Waals surface area contributed by atoms with Gasteiger partial charge in [-0.3, -0.25) is 0 Å². The van der Waals surface area contributed by atoms with Gasteiger partial charge in [-0.05, 0) is 6.42 Å². The fourth-order valence-electron chi connectivity index (χ4n) is 0. The molecule has 0 amide bonds. The van der Waals surface area contributed by atoms with Gasteiger partial charge < -0.3 is 12.3 Å². The zero-order valence-electron chi connectivity index (χ0n) is 4.41. The van der Waals surface area contributed by atoms with E-state index in [1.807, 2.05) is 6.08 Å². The zero-order valence-corrected chi connectivity index (χ0v) is 4.41. The van der Waals surface area contributed by atoms with E-state index in [1.54, 1.807) is 0 Å². The maximum Gasteiger partial charge on any atom is -0.0382 e. The molecule has 2 heteroatoms. The molecule has 0 aliphatic rings. The normalized spacial score (nSPS) is 4.17. The lowest BCUT2D eigenvalue weighted by molar-refractivity contribution is 1.23. The third-order valence-electron chi connectivity index (χ3n) is 0.289. The van der Waals surface area contributed by atoms with Crippen LogP contribution in [-0.4, -0.2) is 0 Å². The van der Waals surface area contributed by atoms with Crippen LogP contribution >= 0.6 is 0 Å². The molecule has 0 aliphatic carbocycles. The third-order valence-corrected chi connectivity index (χ3v) is 0.289. The molecular formula is C4H14N2. The molecule has 0 atom stereocenters. The second-order valence-electron chi connectivity index (χ2n) is 0.697. The van der Waals surface area contributed by atoms with Crippen molar-refractivity contribution in [3.8, 4) is 0 Å². The smallest absolute Gasteiger partial charge is 0.0382 e. The van der Waals surface area contributed by atoms with Crippen LogP contribution in [0.1, 0.15) is 13.3 Å². The highest BCUT2D eigenvalue weighted by atomic mass is 14.0. The molecule has 0 unspecified atom stereocenters. The van der Waals surface area contributed by atoms with Crippen molar-refractivity contribution < 1.29 is 0 Å². The molecule has 0 spiro atoms. The standard InChI is InChI=1S/C4H8.2H3N/c1-3-4-2;;/h3H,1,4H2,2H3;2*1H3. The lowest BCUT2D eigenvalue weighted by Crippen LogP contribution is -1.36. The summed E-state index contributed by atoms with van der Waals surface area (Å²) < 4.78 is 0. The minimum atomic E-state index is 0. The Hall–Kier alpha value is -0.340. The molecule has 0 heterocycles. The quantitative estimate of drug-likeness (QED) is 0.483. The van der Waals surface area contributed by atoms with Crippen molar-refractivity contribution in [3.63, 3.8) is 0 Å². The van der Waals surface area contributed by atoms with Crippen LogP contribution in [0.3, 0.4) is 0 Å². The minimum absolute atomic E-state index is 0. The maximum atomic E-state index is 3.48. The van der Waals surface area contributed by atoms with Gasteiger partial charge in [0.05, 0.1) is 0 Å². The average Bonchev–Trinajstić information content (AvgIpc) is 1.37. The molecule has 2 nitrogen and oxygen atoms in total. The monoisotopic (exact) mass is 90.1 g/mol. The SMILES string of the molecule is C=CCC.N.N. The van der Waals surface area contributed by atoms with Crippen molar-refractivity contribution in [2.45, 2.75) is 13.3 Å². The van der Waals surface area contributed by atoms with Gasteiger partial charge in [0, 0.05) is 0 Å². The molecule has 0 radical (unpaired) electrons. The van der Waals surface area contributed by atoms with E-state index in [0.717, 1.165) is 6.42 Å². The van der Waals surface area contributed by atoms with Crippen molar-refractivity contribution in [2.75, 3.05) is 0 Å². The van der Waals surface area contributed by atoms with Gasteiger partial charge in [0.15, 0.2) is 0 Å². The van der Waals surface area contributed by atoms with Gasteiger partial charge >= 0.3 is 0 Å². The number of allylic oxidation sites excluding steroid dienone is 1. The molecule has 0 saturated carbocycles. The van der Waals surface area contributed by atoms with Crippen LogP contribution in [0.5, 0.6) is 0 Å². The molecule has 0 bridgehead atoms. The molecule has 0 fully saturated rings. The fraction of sp³-hybridized carbons (Fsp3) is 0.500. The van der Waals surface area contributed by atoms with E-state index >= 15 is 0 Å². The van der Waals surface area contributed by atoms with Crippen LogP contribution in [0.2, 0.25) is 0 Å². The van der Waals surface area contributed by atoms with Gasteiger partial charge in [-0.25, -0.2) is 0 Å². The molecule has 6 heavy (non-hydrogen) atoms. The highest BCUT2D eigenvalue weighted by molar-refractivity contribution is 4.60. The van der Waals surface area contributed by atoms with Crippen molar-refractivity contribution in [2.24, 2.45) is 0 Å². The highest BCUT2D eigenvalue weighted by Gasteiger charge is 1.45. The number of rotatable bonds is 1. The molecule has 0 aromatic rings. The summed E-state index contributed by atoms with van der Waals surface area (Å²) in [5.74, 6) is 0. The Morgan fingerprint density at radius 1 is 1.50 bits per heavy atom. The molecule has 0 saturated heterocycles. The Morgan fingerprint density at radius 3 is 1.67 bits per heavy atom. The van der Waals surface area contributed by atoms with Crippen molar-refractivity contribution in [1.29, 1.82) is 0 Å².